The van der Waals surface area contributed by atoms with E-state index in [0.717, 1.165) is 37.9 Å². The number of nitrogens with zero attached hydrogens (tertiary/aromatic N) is 1. The SMILES string of the molecule is COc1ccc(CNS(=O)(=O)c2ccc3c(c2)OC[C@@H](C(=O)N2CCCCC2)O3)cc1. The zero-order valence-corrected chi connectivity index (χ0v) is 18.2. The number of piperidine rings is 1. The molecule has 2 aromatic carbocycles. The maximum absolute atomic E-state index is 12.7. The lowest BCUT2D eigenvalue weighted by atomic mass is 10.1. The first-order chi connectivity index (χ1) is 15.0. The number of likely N-dealkylation sites (tertiary alicyclic amines) is 1. The lowest BCUT2D eigenvalue weighted by Gasteiger charge is -2.32. The van der Waals surface area contributed by atoms with Crippen molar-refractivity contribution in [1.29, 1.82) is 0 Å². The van der Waals surface area contributed by atoms with Crippen LogP contribution in [0.4, 0.5) is 0 Å². The van der Waals surface area contributed by atoms with Gasteiger partial charge >= 0.3 is 0 Å². The molecule has 2 heterocycles. The number of hydrogen-bond acceptors (Lipinski definition) is 6. The highest BCUT2D eigenvalue weighted by molar-refractivity contribution is 7.89. The summed E-state index contributed by atoms with van der Waals surface area (Å²) in [6.07, 6.45) is 2.43. The van der Waals surface area contributed by atoms with Crippen LogP contribution in [0.5, 0.6) is 17.2 Å². The summed E-state index contributed by atoms with van der Waals surface area (Å²) in [5.41, 5.74) is 0.806. The minimum absolute atomic E-state index is 0.0606. The summed E-state index contributed by atoms with van der Waals surface area (Å²) in [6.45, 7) is 1.68. The third-order valence-corrected chi connectivity index (χ3v) is 6.85. The van der Waals surface area contributed by atoms with Crippen LogP contribution in [0.3, 0.4) is 0 Å². The second kappa shape index (κ2) is 9.15. The van der Waals surface area contributed by atoms with Gasteiger partial charge in [-0.1, -0.05) is 12.1 Å². The van der Waals surface area contributed by atoms with Gasteiger partial charge in [0, 0.05) is 25.7 Å². The molecule has 4 rings (SSSR count). The minimum Gasteiger partial charge on any atom is -0.497 e. The summed E-state index contributed by atoms with van der Waals surface area (Å²) in [7, 11) is -2.17. The fourth-order valence-electron chi connectivity index (χ4n) is 3.66. The smallest absolute Gasteiger partial charge is 0.267 e. The number of methoxy groups -OCH3 is 1. The third-order valence-electron chi connectivity index (χ3n) is 5.45. The highest BCUT2D eigenvalue weighted by Crippen LogP contribution is 2.34. The number of amides is 1. The van der Waals surface area contributed by atoms with Gasteiger partial charge in [-0.2, -0.15) is 0 Å². The van der Waals surface area contributed by atoms with E-state index in [1.165, 1.54) is 18.2 Å². The maximum atomic E-state index is 12.7. The summed E-state index contributed by atoms with van der Waals surface area (Å²) in [5.74, 6) is 1.31. The normalized spacial score (nSPS) is 18.5. The number of nitrogens with one attached hydrogen (secondary N) is 1. The zero-order valence-electron chi connectivity index (χ0n) is 17.4. The van der Waals surface area contributed by atoms with E-state index < -0.39 is 16.1 Å². The summed E-state index contributed by atoms with van der Waals surface area (Å²) < 4.78 is 44.6. The minimum atomic E-state index is -3.75. The van der Waals surface area contributed by atoms with Crippen molar-refractivity contribution in [3.8, 4) is 17.2 Å². The Morgan fingerprint density at radius 1 is 1.10 bits per heavy atom. The van der Waals surface area contributed by atoms with E-state index in [-0.39, 0.29) is 24.0 Å². The molecule has 0 radical (unpaired) electrons. The summed E-state index contributed by atoms with van der Waals surface area (Å²) >= 11 is 0. The number of benzene rings is 2. The molecule has 1 amide bonds. The van der Waals surface area contributed by atoms with E-state index in [4.69, 9.17) is 14.2 Å². The number of carbonyl (C=O) groups is 1. The van der Waals surface area contributed by atoms with Crippen LogP contribution in [0.2, 0.25) is 0 Å². The van der Waals surface area contributed by atoms with Crippen molar-refractivity contribution in [3.63, 3.8) is 0 Å². The zero-order chi connectivity index (χ0) is 21.8. The number of fused-ring (bicyclic) bond motifs is 1. The third kappa shape index (κ3) is 4.94. The van der Waals surface area contributed by atoms with Crippen LogP contribution in [0.1, 0.15) is 24.8 Å². The number of carbonyl (C=O) groups excluding carboxylic acids is 1. The number of rotatable bonds is 6. The van der Waals surface area contributed by atoms with E-state index in [1.807, 2.05) is 4.90 Å². The molecule has 1 fully saturated rings. The Morgan fingerprint density at radius 2 is 1.84 bits per heavy atom. The predicted molar refractivity (Wildman–Crippen MR) is 114 cm³/mol. The number of hydrogen-bond donors (Lipinski definition) is 1. The molecule has 0 aromatic heterocycles. The van der Waals surface area contributed by atoms with E-state index in [1.54, 1.807) is 31.4 Å². The van der Waals surface area contributed by atoms with Crippen LogP contribution in [0.15, 0.2) is 47.4 Å². The molecule has 1 N–H and O–H groups in total. The van der Waals surface area contributed by atoms with Gasteiger partial charge < -0.3 is 19.1 Å². The molecule has 0 saturated carbocycles. The molecular weight excluding hydrogens is 420 g/mol. The van der Waals surface area contributed by atoms with Gasteiger partial charge in [0.25, 0.3) is 5.91 Å². The van der Waals surface area contributed by atoms with Crippen molar-refractivity contribution in [2.24, 2.45) is 0 Å². The van der Waals surface area contributed by atoms with Gasteiger partial charge in [0.15, 0.2) is 11.5 Å². The van der Waals surface area contributed by atoms with Gasteiger partial charge in [-0.05, 0) is 49.1 Å². The van der Waals surface area contributed by atoms with Crippen molar-refractivity contribution < 1.29 is 27.4 Å². The first kappa shape index (κ1) is 21.5. The molecule has 0 bridgehead atoms. The van der Waals surface area contributed by atoms with E-state index in [0.29, 0.717) is 17.2 Å². The van der Waals surface area contributed by atoms with Crippen LogP contribution in [-0.4, -0.2) is 52.1 Å². The van der Waals surface area contributed by atoms with Gasteiger partial charge in [0.1, 0.15) is 12.4 Å². The van der Waals surface area contributed by atoms with Crippen LogP contribution in [0, 0.1) is 0 Å². The van der Waals surface area contributed by atoms with Gasteiger partial charge in [-0.25, -0.2) is 13.1 Å². The van der Waals surface area contributed by atoms with Crippen LogP contribution in [0.25, 0.3) is 0 Å². The molecule has 2 aromatic rings. The lowest BCUT2D eigenvalue weighted by Crippen LogP contribution is -2.48. The van der Waals surface area contributed by atoms with Crippen molar-refractivity contribution in [2.75, 3.05) is 26.8 Å². The second-order valence-electron chi connectivity index (χ2n) is 7.58. The Bertz CT molecular complexity index is 1030. The Balaban J connectivity index is 1.41. The number of sulfonamides is 1. The van der Waals surface area contributed by atoms with Crippen molar-refractivity contribution in [3.05, 3.63) is 48.0 Å². The molecule has 1 atom stereocenters. The summed E-state index contributed by atoms with van der Waals surface area (Å²) in [6, 6.07) is 11.5. The second-order valence-corrected chi connectivity index (χ2v) is 9.35. The molecule has 0 unspecified atom stereocenters. The van der Waals surface area contributed by atoms with Crippen LogP contribution >= 0.6 is 0 Å². The fraction of sp³-hybridized carbons (Fsp3) is 0.409. The van der Waals surface area contributed by atoms with Crippen LogP contribution < -0.4 is 18.9 Å². The topological polar surface area (TPSA) is 94.2 Å². The highest BCUT2D eigenvalue weighted by atomic mass is 32.2. The first-order valence-corrected chi connectivity index (χ1v) is 11.8. The predicted octanol–water partition coefficient (Wildman–Crippen LogP) is 2.33. The summed E-state index contributed by atoms with van der Waals surface area (Å²) in [4.78, 5) is 14.5. The Kier molecular flexibility index (Phi) is 6.33. The molecule has 2 aliphatic heterocycles. The molecule has 0 spiro atoms. The molecule has 31 heavy (non-hydrogen) atoms. The lowest BCUT2D eigenvalue weighted by molar-refractivity contribution is -0.142. The van der Waals surface area contributed by atoms with E-state index in [9.17, 15) is 13.2 Å². The Labute approximate surface area is 182 Å². The molecule has 0 aliphatic carbocycles. The monoisotopic (exact) mass is 446 g/mol. The average molecular weight is 447 g/mol. The van der Waals surface area contributed by atoms with Gasteiger partial charge in [-0.3, -0.25) is 4.79 Å². The van der Waals surface area contributed by atoms with E-state index >= 15 is 0 Å². The molecule has 2 aliphatic rings. The Morgan fingerprint density at radius 3 is 2.55 bits per heavy atom. The van der Waals surface area contributed by atoms with E-state index in [2.05, 4.69) is 4.72 Å². The molecule has 1 saturated heterocycles. The molecular formula is C22H26N2O6S. The van der Waals surface area contributed by atoms with Crippen molar-refractivity contribution in [2.45, 2.75) is 36.8 Å². The molecule has 9 heteroatoms. The summed E-state index contributed by atoms with van der Waals surface area (Å²) in [5, 5.41) is 0. The largest absolute Gasteiger partial charge is 0.497 e. The van der Waals surface area contributed by atoms with Gasteiger partial charge in [0.05, 0.1) is 12.0 Å². The average Bonchev–Trinajstić information content (AvgIpc) is 2.82. The standard InChI is InChI=1S/C22H26N2O6S/c1-28-17-7-5-16(6-8-17)14-23-31(26,27)18-9-10-19-20(13-18)29-15-21(30-19)22(25)24-11-3-2-4-12-24/h5-10,13,21,23H,2-4,11-12,14-15H2,1H3/t21-/m0/s1. The Hall–Kier alpha value is -2.78. The maximum Gasteiger partial charge on any atom is 0.267 e. The first-order valence-electron chi connectivity index (χ1n) is 10.3. The molecule has 166 valence electrons. The van der Waals surface area contributed by atoms with Gasteiger partial charge in [0.2, 0.25) is 16.1 Å². The highest BCUT2D eigenvalue weighted by Gasteiger charge is 2.32. The van der Waals surface area contributed by atoms with Crippen LogP contribution in [-0.2, 0) is 21.4 Å². The van der Waals surface area contributed by atoms with Crippen molar-refractivity contribution in [1.82, 2.24) is 9.62 Å². The molecule has 8 nitrogen and oxygen atoms in total. The fourth-order valence-corrected chi connectivity index (χ4v) is 4.70. The number of ether oxygens (including phenoxy) is 3. The quantitative estimate of drug-likeness (QED) is 0.732. The van der Waals surface area contributed by atoms with Crippen molar-refractivity contribution >= 4 is 15.9 Å². The van der Waals surface area contributed by atoms with Gasteiger partial charge in [-0.15, -0.1) is 0 Å².